The number of nitrogens with one attached hydrogen (secondary N) is 1. The molecule has 0 unspecified atom stereocenters. The van der Waals surface area contributed by atoms with Gasteiger partial charge in [0.1, 0.15) is 21.5 Å². The van der Waals surface area contributed by atoms with Crippen molar-refractivity contribution in [1.82, 2.24) is 15.0 Å². The van der Waals surface area contributed by atoms with E-state index in [9.17, 15) is 8.42 Å². The van der Waals surface area contributed by atoms with Crippen molar-refractivity contribution >= 4 is 49.2 Å². The monoisotopic (exact) mass is 578 g/mol. The van der Waals surface area contributed by atoms with E-state index in [4.69, 9.17) is 31.2 Å². The van der Waals surface area contributed by atoms with Gasteiger partial charge < -0.3 is 26.4 Å². The molecule has 0 amide bonds. The molecule has 3 aromatic rings. The maximum atomic E-state index is 11.8. The number of ether oxygens (including phenoxy) is 1. The molecule has 2 aliphatic heterocycles. The zero-order chi connectivity index (χ0) is 29.3. The number of fused-ring (bicyclic) bond motifs is 1. The normalized spacial score (nSPS) is 21.3. The first-order valence-electron chi connectivity index (χ1n) is 13.8. The fourth-order valence-corrected chi connectivity index (χ4v) is 6.71. The van der Waals surface area contributed by atoms with Crippen LogP contribution in [0.2, 0.25) is 0 Å². The average Bonchev–Trinajstić information content (AvgIpc) is 3.38. The van der Waals surface area contributed by atoms with Crippen LogP contribution in [0.25, 0.3) is 16.3 Å². The number of anilines is 3. The van der Waals surface area contributed by atoms with Gasteiger partial charge in [-0.15, -0.1) is 0 Å². The van der Waals surface area contributed by atoms with Gasteiger partial charge in [0.05, 0.1) is 30.1 Å². The Morgan fingerprint density at radius 3 is 2.71 bits per heavy atom. The number of aromatic nitrogens is 3. The Balaban J connectivity index is 1.42. The predicted molar refractivity (Wildman–Crippen MR) is 164 cm³/mol. The number of sulfone groups is 1. The molecule has 0 bridgehead atoms. The quantitative estimate of drug-likeness (QED) is 0.326. The van der Waals surface area contributed by atoms with E-state index in [1.165, 1.54) is 18.0 Å². The summed E-state index contributed by atoms with van der Waals surface area (Å²) in [5, 5.41) is 5.34. The van der Waals surface area contributed by atoms with Crippen LogP contribution >= 0.6 is 0 Å². The fourth-order valence-electron chi connectivity index (χ4n) is 5.63. The molecule has 0 spiro atoms. The summed E-state index contributed by atoms with van der Waals surface area (Å²) in [5.41, 5.74) is 16.1. The number of nitrogens with zero attached hydrogens (tertiary/aromatic N) is 5. The van der Waals surface area contributed by atoms with Gasteiger partial charge in [-0.1, -0.05) is 19.9 Å². The second-order valence-corrected chi connectivity index (χ2v) is 13.3. The maximum Gasteiger partial charge on any atom is 0.164 e. The van der Waals surface area contributed by atoms with Crippen LogP contribution in [0.4, 0.5) is 17.3 Å². The van der Waals surface area contributed by atoms with Gasteiger partial charge in [-0.05, 0) is 47.9 Å². The molecule has 1 fully saturated rings. The summed E-state index contributed by atoms with van der Waals surface area (Å²) in [7, 11) is -1.42. The number of benzene rings is 1. The molecule has 4 heterocycles. The third-order valence-corrected chi connectivity index (χ3v) is 8.71. The smallest absolute Gasteiger partial charge is 0.164 e. The number of aliphatic imine (C=N–C) groups is 1. The minimum atomic E-state index is -3.10. The first kappa shape index (κ1) is 28.9. The van der Waals surface area contributed by atoms with Crippen LogP contribution < -0.4 is 21.7 Å². The van der Waals surface area contributed by atoms with E-state index in [0.29, 0.717) is 36.2 Å². The van der Waals surface area contributed by atoms with Crippen LogP contribution in [0.1, 0.15) is 44.0 Å². The van der Waals surface area contributed by atoms with Gasteiger partial charge in [-0.25, -0.2) is 23.4 Å². The van der Waals surface area contributed by atoms with Crippen LogP contribution in [-0.4, -0.2) is 73.6 Å². The summed E-state index contributed by atoms with van der Waals surface area (Å²) in [4.78, 5) is 20.7. The Morgan fingerprint density at radius 2 is 2.02 bits per heavy atom. The molecular weight excluding hydrogens is 540 g/mol. The van der Waals surface area contributed by atoms with Crippen LogP contribution in [0.5, 0.6) is 0 Å². The standard InChI is InChI=1S/C29H38N8O3S/c1-17(2)20-6-8-25(37-14-18(28(37)31)16-41(4,38)39)23-13-33-27(11-21(20)23)35-26-9-10-32-29(36-26)22(12-30)24-7-5-19(34-24)15-40-3/h6,8-13,17-19,28H,5,7,14-16,30-31H2,1-4H3,(H,32,33,35,36)/t18-,19+,28+/m1/s1. The van der Waals surface area contributed by atoms with E-state index in [1.807, 2.05) is 12.3 Å². The minimum Gasteiger partial charge on any atom is -0.404 e. The summed E-state index contributed by atoms with van der Waals surface area (Å²) in [6.07, 6.45) is 7.62. The minimum absolute atomic E-state index is 0.0854. The Bertz CT molecular complexity index is 1600. The maximum absolute atomic E-state index is 11.8. The van der Waals surface area contributed by atoms with E-state index >= 15 is 0 Å². The lowest BCUT2D eigenvalue weighted by atomic mass is 9.92. The highest BCUT2D eigenvalue weighted by Crippen LogP contribution is 2.38. The van der Waals surface area contributed by atoms with Gasteiger partial charge in [0, 0.05) is 61.2 Å². The lowest BCUT2D eigenvalue weighted by Crippen LogP contribution is -2.63. The second kappa shape index (κ2) is 11.7. The van der Waals surface area contributed by atoms with Crippen molar-refractivity contribution < 1.29 is 13.2 Å². The molecule has 0 aliphatic carbocycles. The van der Waals surface area contributed by atoms with E-state index in [1.54, 1.807) is 19.4 Å². The van der Waals surface area contributed by atoms with Crippen LogP contribution in [0.3, 0.4) is 0 Å². The van der Waals surface area contributed by atoms with Crippen molar-refractivity contribution in [3.8, 4) is 0 Å². The predicted octanol–water partition coefficient (Wildman–Crippen LogP) is 3.21. The molecule has 2 aromatic heterocycles. The van der Waals surface area contributed by atoms with Gasteiger partial charge in [-0.2, -0.15) is 0 Å². The molecular formula is C29H38N8O3S. The molecule has 1 saturated heterocycles. The summed E-state index contributed by atoms with van der Waals surface area (Å²) in [6.45, 7) is 5.46. The Kier molecular flexibility index (Phi) is 8.25. The molecule has 0 saturated carbocycles. The highest BCUT2D eigenvalue weighted by Gasteiger charge is 2.39. The van der Waals surface area contributed by atoms with Gasteiger partial charge in [-0.3, -0.25) is 4.99 Å². The van der Waals surface area contributed by atoms with Crippen LogP contribution in [0.15, 0.2) is 47.9 Å². The largest absolute Gasteiger partial charge is 0.404 e. The second-order valence-electron chi connectivity index (χ2n) is 11.1. The number of allylic oxidation sites excluding steroid dienone is 1. The molecule has 41 heavy (non-hydrogen) atoms. The first-order valence-corrected chi connectivity index (χ1v) is 15.8. The lowest BCUT2D eigenvalue weighted by Gasteiger charge is -2.47. The molecule has 11 nitrogen and oxygen atoms in total. The van der Waals surface area contributed by atoms with Crippen molar-refractivity contribution in [3.05, 3.63) is 54.2 Å². The van der Waals surface area contributed by atoms with E-state index in [0.717, 1.165) is 35.0 Å². The molecule has 1 aromatic carbocycles. The fraction of sp³-hybridized carbons (Fsp3) is 0.448. The van der Waals surface area contributed by atoms with E-state index in [-0.39, 0.29) is 29.8 Å². The topological polar surface area (TPSA) is 162 Å². The van der Waals surface area contributed by atoms with Gasteiger partial charge in [0.2, 0.25) is 0 Å². The summed E-state index contributed by atoms with van der Waals surface area (Å²) >= 11 is 0. The molecule has 0 radical (unpaired) electrons. The van der Waals surface area contributed by atoms with Gasteiger partial charge in [0.15, 0.2) is 5.82 Å². The van der Waals surface area contributed by atoms with Crippen LogP contribution in [-0.2, 0) is 14.6 Å². The summed E-state index contributed by atoms with van der Waals surface area (Å²) in [5.74, 6) is 1.99. The third kappa shape index (κ3) is 6.19. The van der Waals surface area contributed by atoms with Crippen molar-refractivity contribution in [3.63, 3.8) is 0 Å². The Hall–Kier alpha value is -3.61. The zero-order valence-corrected chi connectivity index (χ0v) is 24.7. The van der Waals surface area contributed by atoms with Crippen molar-refractivity contribution in [2.24, 2.45) is 22.4 Å². The number of rotatable bonds is 10. The van der Waals surface area contributed by atoms with E-state index < -0.39 is 9.84 Å². The average molecular weight is 579 g/mol. The highest BCUT2D eigenvalue weighted by atomic mass is 32.2. The van der Waals surface area contributed by atoms with Crippen molar-refractivity contribution in [2.75, 3.05) is 42.5 Å². The lowest BCUT2D eigenvalue weighted by molar-refractivity contribution is 0.181. The molecule has 218 valence electrons. The number of hydrogen-bond acceptors (Lipinski definition) is 11. The SMILES string of the molecule is COC[C@@H]1CCC(C(=CN)c2nccc(Nc3cc4c(C(C)C)ccc(N5C[C@H](CS(C)(=O)=O)[C@H]5N)c4cn3)n2)=N1. The van der Waals surface area contributed by atoms with E-state index in [2.05, 4.69) is 41.2 Å². The number of pyridine rings is 1. The van der Waals surface area contributed by atoms with Gasteiger partial charge in [0.25, 0.3) is 0 Å². The third-order valence-electron chi connectivity index (χ3n) is 7.68. The molecule has 2 aliphatic rings. The summed E-state index contributed by atoms with van der Waals surface area (Å²) < 4.78 is 28.9. The van der Waals surface area contributed by atoms with Crippen molar-refractivity contribution in [1.29, 1.82) is 0 Å². The number of nitrogens with two attached hydrogens (primary N) is 2. The van der Waals surface area contributed by atoms with Crippen LogP contribution in [0, 0.1) is 5.92 Å². The molecule has 5 rings (SSSR count). The Labute approximate surface area is 241 Å². The van der Waals surface area contributed by atoms with Gasteiger partial charge >= 0.3 is 0 Å². The molecule has 5 N–H and O–H groups in total. The van der Waals surface area contributed by atoms with Crippen molar-refractivity contribution in [2.45, 2.75) is 44.8 Å². The summed E-state index contributed by atoms with van der Waals surface area (Å²) in [6, 6.07) is 8.09. The molecule has 12 heteroatoms. The highest BCUT2D eigenvalue weighted by molar-refractivity contribution is 7.90. The zero-order valence-electron chi connectivity index (χ0n) is 23.9. The number of methoxy groups -OCH3 is 1. The number of hydrogen-bond donors (Lipinski definition) is 3. The molecule has 3 atom stereocenters. The first-order chi connectivity index (χ1) is 19.6. The Morgan fingerprint density at radius 1 is 1.22 bits per heavy atom.